The highest BCUT2D eigenvalue weighted by Gasteiger charge is 2.42. The van der Waals surface area contributed by atoms with Crippen molar-refractivity contribution in [1.82, 2.24) is 10.4 Å². The number of furan rings is 1. The molecule has 2 atom stereocenters. The van der Waals surface area contributed by atoms with Gasteiger partial charge < -0.3 is 4.42 Å². The Balaban J connectivity index is 1.47. The van der Waals surface area contributed by atoms with Gasteiger partial charge in [-0.25, -0.2) is 10.0 Å². The normalized spacial score (nSPS) is 21.6. The number of hydrazine groups is 1. The lowest BCUT2D eigenvalue weighted by Crippen LogP contribution is -2.41. The van der Waals surface area contributed by atoms with Crippen molar-refractivity contribution in [3.63, 3.8) is 0 Å². The highest BCUT2D eigenvalue weighted by atomic mass is 32.2. The largest absolute Gasteiger partial charge is 0.465 e. The number of benzene rings is 1. The van der Waals surface area contributed by atoms with Crippen molar-refractivity contribution in [2.75, 3.05) is 0 Å². The summed E-state index contributed by atoms with van der Waals surface area (Å²) < 4.78 is 5.30. The molecule has 27 heavy (non-hydrogen) atoms. The van der Waals surface area contributed by atoms with Gasteiger partial charge in [-0.1, -0.05) is 56.8 Å². The molecule has 2 aliphatic rings. The Hall–Kier alpha value is -2.47. The third-order valence-corrected chi connectivity index (χ3v) is 5.79. The van der Waals surface area contributed by atoms with Gasteiger partial charge in [0.15, 0.2) is 5.50 Å². The van der Waals surface area contributed by atoms with Crippen molar-refractivity contribution in [2.45, 2.75) is 38.6 Å². The van der Waals surface area contributed by atoms with E-state index in [-0.39, 0.29) is 17.3 Å². The summed E-state index contributed by atoms with van der Waals surface area (Å²) in [6.07, 6.45) is 4.44. The summed E-state index contributed by atoms with van der Waals surface area (Å²) in [7, 11) is 0. The molecule has 0 bridgehead atoms. The number of aliphatic imine (C=N–C) groups is 1. The van der Waals surface area contributed by atoms with Crippen LogP contribution in [0.3, 0.4) is 0 Å². The maximum atomic E-state index is 12.6. The van der Waals surface area contributed by atoms with E-state index < -0.39 is 0 Å². The number of hydrogen-bond donors (Lipinski definition) is 1. The number of carbonyl (C=O) groups excluding carboxylic acids is 1. The molecule has 2 aromatic rings. The number of hydrogen-bond acceptors (Lipinski definition) is 5. The van der Waals surface area contributed by atoms with Gasteiger partial charge in [-0.2, -0.15) is 0 Å². The number of nitrogens with one attached hydrogen (secondary N) is 1. The van der Waals surface area contributed by atoms with Gasteiger partial charge in [0, 0.05) is 12.0 Å². The van der Waals surface area contributed by atoms with Crippen LogP contribution in [0.1, 0.15) is 43.6 Å². The van der Waals surface area contributed by atoms with E-state index in [9.17, 15) is 4.79 Å². The lowest BCUT2D eigenvalue weighted by atomic mass is 9.96. The number of thioether (sulfide) groups is 1. The van der Waals surface area contributed by atoms with Crippen LogP contribution < -0.4 is 5.43 Å². The zero-order valence-electron chi connectivity index (χ0n) is 15.7. The molecule has 140 valence electrons. The molecule has 1 fully saturated rings. The predicted molar refractivity (Wildman–Crippen MR) is 109 cm³/mol. The van der Waals surface area contributed by atoms with Crippen molar-refractivity contribution < 1.29 is 9.21 Å². The van der Waals surface area contributed by atoms with Crippen LogP contribution in [0, 0.1) is 5.92 Å². The first-order valence-electron chi connectivity index (χ1n) is 9.20. The lowest BCUT2D eigenvalue weighted by molar-refractivity contribution is -0.127. The fourth-order valence-electron chi connectivity index (χ4n) is 3.28. The Bertz CT molecular complexity index is 885. The summed E-state index contributed by atoms with van der Waals surface area (Å²) in [6.45, 7) is 6.56. The van der Waals surface area contributed by atoms with Crippen LogP contribution in [0.25, 0.3) is 6.08 Å². The van der Waals surface area contributed by atoms with Crippen molar-refractivity contribution in [3.8, 4) is 0 Å². The molecule has 1 aromatic carbocycles. The van der Waals surface area contributed by atoms with E-state index in [1.807, 2.05) is 6.07 Å². The Morgan fingerprint density at radius 3 is 2.67 bits per heavy atom. The Labute approximate surface area is 163 Å². The Kier molecular flexibility index (Phi) is 4.83. The second-order valence-corrected chi connectivity index (χ2v) is 8.43. The predicted octanol–water partition coefficient (Wildman–Crippen LogP) is 4.40. The van der Waals surface area contributed by atoms with E-state index in [1.165, 1.54) is 22.9 Å². The zero-order valence-corrected chi connectivity index (χ0v) is 16.5. The number of carbonyl (C=O) groups is 1. The molecule has 5 nitrogen and oxygen atoms in total. The van der Waals surface area contributed by atoms with Crippen LogP contribution in [-0.2, 0) is 11.2 Å². The number of amidine groups is 1. The van der Waals surface area contributed by atoms with Crippen LogP contribution in [0.4, 0.5) is 0 Å². The molecule has 4 rings (SSSR count). The third kappa shape index (κ3) is 3.67. The van der Waals surface area contributed by atoms with E-state index in [0.717, 1.165) is 12.3 Å². The molecule has 2 aliphatic heterocycles. The molecule has 0 radical (unpaired) electrons. The average molecular weight is 382 g/mol. The molecule has 2 unspecified atom stereocenters. The van der Waals surface area contributed by atoms with E-state index in [2.05, 4.69) is 50.5 Å². The second-order valence-electron chi connectivity index (χ2n) is 7.33. The Morgan fingerprint density at radius 1 is 1.26 bits per heavy atom. The summed E-state index contributed by atoms with van der Waals surface area (Å²) >= 11 is 1.44. The fraction of sp³-hybridized carbons (Fsp3) is 0.333. The summed E-state index contributed by atoms with van der Waals surface area (Å²) in [5.41, 5.74) is 5.49. The Morgan fingerprint density at radius 2 is 2.04 bits per heavy atom. The lowest BCUT2D eigenvalue weighted by Gasteiger charge is -2.17. The highest BCUT2D eigenvalue weighted by molar-refractivity contribution is 8.05. The van der Waals surface area contributed by atoms with Crippen molar-refractivity contribution in [1.29, 1.82) is 0 Å². The van der Waals surface area contributed by atoms with Crippen molar-refractivity contribution in [2.24, 2.45) is 10.9 Å². The first-order valence-corrected chi connectivity index (χ1v) is 10.1. The van der Waals surface area contributed by atoms with Crippen LogP contribution >= 0.6 is 11.8 Å². The molecule has 0 spiro atoms. The standard InChI is InChI=1S/C21H23N3O2S/c1-13(2)11-15-6-8-16(9-7-15)14(3)19-22-21-24(23-19)20(25)18(27-21)12-17-5-4-10-26-17/h4-10,12-14,21H,11H2,1-3H3,(H,22,23)/b18-12+. The van der Waals surface area contributed by atoms with Gasteiger partial charge in [-0.05, 0) is 35.6 Å². The quantitative estimate of drug-likeness (QED) is 0.780. The van der Waals surface area contributed by atoms with Gasteiger partial charge in [-0.15, -0.1) is 0 Å². The molecule has 1 saturated heterocycles. The van der Waals surface area contributed by atoms with Crippen molar-refractivity contribution >= 4 is 29.6 Å². The maximum Gasteiger partial charge on any atom is 0.281 e. The number of nitrogens with zero attached hydrogens (tertiary/aromatic N) is 2. The van der Waals surface area contributed by atoms with Crippen LogP contribution in [0.5, 0.6) is 0 Å². The first-order chi connectivity index (χ1) is 13.0. The molecule has 3 heterocycles. The minimum Gasteiger partial charge on any atom is -0.465 e. The summed E-state index contributed by atoms with van der Waals surface area (Å²) in [5.74, 6) is 2.18. The summed E-state index contributed by atoms with van der Waals surface area (Å²) in [5, 5.41) is 1.60. The van der Waals surface area contributed by atoms with Gasteiger partial charge >= 0.3 is 0 Å². The minimum absolute atomic E-state index is 0.0698. The van der Waals surface area contributed by atoms with Crippen LogP contribution in [0.15, 0.2) is 57.0 Å². The van der Waals surface area contributed by atoms with Gasteiger partial charge in [0.05, 0.1) is 11.2 Å². The zero-order chi connectivity index (χ0) is 19.0. The first kappa shape index (κ1) is 17.9. The van der Waals surface area contributed by atoms with E-state index in [1.54, 1.807) is 23.4 Å². The topological polar surface area (TPSA) is 57.8 Å². The molecular formula is C21H23N3O2S. The highest BCUT2D eigenvalue weighted by Crippen LogP contribution is 2.39. The van der Waals surface area contributed by atoms with Gasteiger partial charge in [0.2, 0.25) is 0 Å². The molecule has 0 aliphatic carbocycles. The number of rotatable bonds is 5. The molecule has 6 heteroatoms. The number of fused-ring (bicyclic) bond motifs is 1. The van der Waals surface area contributed by atoms with E-state index >= 15 is 0 Å². The molecule has 1 aromatic heterocycles. The molecule has 1 amide bonds. The van der Waals surface area contributed by atoms with Crippen LogP contribution in [0.2, 0.25) is 0 Å². The maximum absolute atomic E-state index is 12.6. The monoisotopic (exact) mass is 381 g/mol. The number of amides is 1. The van der Waals surface area contributed by atoms with Crippen molar-refractivity contribution in [3.05, 3.63) is 64.5 Å². The third-order valence-electron chi connectivity index (χ3n) is 4.72. The van der Waals surface area contributed by atoms with Gasteiger partial charge in [0.1, 0.15) is 11.6 Å². The molecular weight excluding hydrogens is 358 g/mol. The SMILES string of the molecule is CC(C)Cc1ccc(C(C)C2=NC3S/C(=C/c4ccco4)C(=O)N3N2)cc1. The summed E-state index contributed by atoms with van der Waals surface area (Å²) in [6, 6.07) is 12.3. The summed E-state index contributed by atoms with van der Waals surface area (Å²) in [4.78, 5) is 18.0. The van der Waals surface area contributed by atoms with Gasteiger partial charge in [-0.3, -0.25) is 10.2 Å². The fourth-order valence-corrected chi connectivity index (χ4v) is 4.31. The minimum atomic E-state index is -0.253. The molecule has 1 N–H and O–H groups in total. The van der Waals surface area contributed by atoms with Gasteiger partial charge in [0.25, 0.3) is 5.91 Å². The van der Waals surface area contributed by atoms with E-state index in [4.69, 9.17) is 9.41 Å². The second kappa shape index (κ2) is 7.27. The van der Waals surface area contributed by atoms with E-state index in [0.29, 0.717) is 16.6 Å². The molecule has 0 saturated carbocycles. The smallest absolute Gasteiger partial charge is 0.281 e. The van der Waals surface area contributed by atoms with Crippen LogP contribution in [-0.4, -0.2) is 22.2 Å². The average Bonchev–Trinajstić information content (AvgIpc) is 3.35.